The van der Waals surface area contributed by atoms with Gasteiger partial charge in [-0.25, -0.2) is 0 Å². The van der Waals surface area contributed by atoms with Crippen LogP contribution in [-0.4, -0.2) is 24.2 Å². The Balaban J connectivity index is 2.24. The lowest BCUT2D eigenvalue weighted by atomic mass is 9.93. The first-order chi connectivity index (χ1) is 8.03. The summed E-state index contributed by atoms with van der Waals surface area (Å²) in [5.74, 6) is 0.730. The fourth-order valence-corrected chi connectivity index (χ4v) is 2.30. The summed E-state index contributed by atoms with van der Waals surface area (Å²) < 4.78 is 0. The van der Waals surface area contributed by atoms with Crippen molar-refractivity contribution in [1.29, 1.82) is 0 Å². The van der Waals surface area contributed by atoms with E-state index in [-0.39, 0.29) is 17.9 Å². The highest BCUT2D eigenvalue weighted by molar-refractivity contribution is 5.76. The monoisotopic (exact) mass is 241 g/mol. The molecule has 0 aromatic rings. The molecule has 0 spiro atoms. The fourth-order valence-electron chi connectivity index (χ4n) is 2.30. The van der Waals surface area contributed by atoms with E-state index in [2.05, 4.69) is 5.32 Å². The van der Waals surface area contributed by atoms with E-state index in [0.717, 1.165) is 0 Å². The molecule has 1 saturated carbocycles. The van der Waals surface area contributed by atoms with Crippen molar-refractivity contribution < 1.29 is 9.90 Å². The molecule has 1 amide bonds. The molecule has 0 bridgehead atoms. The quantitative estimate of drug-likeness (QED) is 0.726. The van der Waals surface area contributed by atoms with Crippen LogP contribution in [0.1, 0.15) is 58.8 Å². The van der Waals surface area contributed by atoms with Crippen LogP contribution in [0.5, 0.6) is 0 Å². The van der Waals surface area contributed by atoms with Crippen molar-refractivity contribution in [2.24, 2.45) is 11.3 Å². The van der Waals surface area contributed by atoms with Crippen LogP contribution in [0.3, 0.4) is 0 Å². The van der Waals surface area contributed by atoms with Gasteiger partial charge in [-0.05, 0) is 18.8 Å². The number of aliphatic hydroxyl groups is 1. The zero-order valence-corrected chi connectivity index (χ0v) is 11.3. The lowest BCUT2D eigenvalue weighted by Crippen LogP contribution is -2.36. The highest BCUT2D eigenvalue weighted by atomic mass is 16.3. The average Bonchev–Trinajstić information content (AvgIpc) is 2.55. The Morgan fingerprint density at radius 2 is 1.82 bits per heavy atom. The van der Waals surface area contributed by atoms with Gasteiger partial charge in [0.15, 0.2) is 0 Å². The minimum atomic E-state index is -0.209. The van der Waals surface area contributed by atoms with E-state index in [1.807, 2.05) is 13.8 Å². The molecule has 1 rings (SSSR count). The minimum Gasteiger partial charge on any atom is -0.396 e. The normalized spacial score (nSPS) is 18.8. The van der Waals surface area contributed by atoms with Crippen molar-refractivity contribution in [2.75, 3.05) is 13.2 Å². The third-order valence-electron chi connectivity index (χ3n) is 3.64. The summed E-state index contributed by atoms with van der Waals surface area (Å²) in [6.45, 7) is 4.59. The second kappa shape index (κ2) is 7.00. The molecule has 1 aliphatic carbocycles. The minimum absolute atomic E-state index is 0.108. The largest absolute Gasteiger partial charge is 0.396 e. The number of nitrogens with one attached hydrogen (secondary N) is 1. The van der Waals surface area contributed by atoms with Gasteiger partial charge in [-0.3, -0.25) is 4.79 Å². The summed E-state index contributed by atoms with van der Waals surface area (Å²) >= 11 is 0. The van der Waals surface area contributed by atoms with Gasteiger partial charge in [0.1, 0.15) is 0 Å². The molecule has 3 heteroatoms. The van der Waals surface area contributed by atoms with E-state index in [1.165, 1.54) is 38.5 Å². The molecule has 0 aliphatic heterocycles. The van der Waals surface area contributed by atoms with Crippen LogP contribution >= 0.6 is 0 Å². The summed E-state index contributed by atoms with van der Waals surface area (Å²) in [5.41, 5.74) is -0.209. The van der Waals surface area contributed by atoms with E-state index in [4.69, 9.17) is 5.11 Å². The number of aliphatic hydroxyl groups excluding tert-OH is 1. The number of hydrogen-bond acceptors (Lipinski definition) is 2. The molecule has 1 aliphatic rings. The van der Waals surface area contributed by atoms with Crippen molar-refractivity contribution in [2.45, 2.75) is 58.8 Å². The zero-order chi connectivity index (χ0) is 12.7. The molecule has 3 nitrogen and oxygen atoms in total. The number of carbonyl (C=O) groups excluding carboxylic acids is 1. The van der Waals surface area contributed by atoms with Gasteiger partial charge < -0.3 is 10.4 Å². The number of amides is 1. The highest BCUT2D eigenvalue weighted by Crippen LogP contribution is 2.25. The second-order valence-corrected chi connectivity index (χ2v) is 6.16. The Morgan fingerprint density at radius 3 is 2.35 bits per heavy atom. The molecule has 0 radical (unpaired) electrons. The Labute approximate surface area is 105 Å². The molecule has 0 saturated heterocycles. The third-order valence-corrected chi connectivity index (χ3v) is 3.64. The lowest BCUT2D eigenvalue weighted by molar-refractivity contribution is -0.122. The maximum absolute atomic E-state index is 11.8. The van der Waals surface area contributed by atoms with Crippen molar-refractivity contribution in [1.82, 2.24) is 5.32 Å². The van der Waals surface area contributed by atoms with Crippen LogP contribution in [0, 0.1) is 11.3 Å². The van der Waals surface area contributed by atoms with E-state index < -0.39 is 0 Å². The van der Waals surface area contributed by atoms with Gasteiger partial charge in [0.25, 0.3) is 0 Å². The van der Waals surface area contributed by atoms with Crippen LogP contribution in [0.25, 0.3) is 0 Å². The predicted octanol–water partition coefficient (Wildman–Crippen LogP) is 2.48. The fraction of sp³-hybridized carbons (Fsp3) is 0.929. The molecule has 0 unspecified atom stereocenters. The first-order valence-corrected chi connectivity index (χ1v) is 6.91. The highest BCUT2D eigenvalue weighted by Gasteiger charge is 2.20. The molecule has 0 atom stereocenters. The van der Waals surface area contributed by atoms with Crippen molar-refractivity contribution >= 4 is 5.91 Å². The van der Waals surface area contributed by atoms with Gasteiger partial charge in [0.05, 0.1) is 0 Å². The first-order valence-electron chi connectivity index (χ1n) is 6.91. The molecular weight excluding hydrogens is 214 g/mol. The summed E-state index contributed by atoms with van der Waals surface area (Å²) in [4.78, 5) is 11.8. The van der Waals surface area contributed by atoms with Gasteiger partial charge in [0.2, 0.25) is 5.91 Å². The molecule has 0 aromatic carbocycles. The average molecular weight is 241 g/mol. The Morgan fingerprint density at radius 1 is 1.24 bits per heavy atom. The number of hydrogen-bond donors (Lipinski definition) is 2. The molecule has 100 valence electrons. The molecule has 1 fully saturated rings. The third kappa shape index (κ3) is 6.06. The van der Waals surface area contributed by atoms with Crippen LogP contribution in [0.2, 0.25) is 0 Å². The maximum Gasteiger partial charge on any atom is 0.220 e. The summed E-state index contributed by atoms with van der Waals surface area (Å²) in [6, 6.07) is 0. The SMILES string of the molecule is CC(C)(CO)CNC(=O)CC1CCCCCC1. The summed E-state index contributed by atoms with van der Waals surface area (Å²) in [6.07, 6.45) is 8.29. The molecular formula is C14H27NO2. The van der Waals surface area contributed by atoms with Crippen LogP contribution in [0.15, 0.2) is 0 Å². The van der Waals surface area contributed by atoms with E-state index >= 15 is 0 Å². The number of carbonyl (C=O) groups is 1. The topological polar surface area (TPSA) is 49.3 Å². The van der Waals surface area contributed by atoms with Gasteiger partial charge in [0, 0.05) is 25.0 Å². The standard InChI is InChI=1S/C14H27NO2/c1-14(2,11-16)10-15-13(17)9-12-7-5-3-4-6-8-12/h12,16H,3-11H2,1-2H3,(H,15,17). The first kappa shape index (κ1) is 14.5. The van der Waals surface area contributed by atoms with Crippen LogP contribution < -0.4 is 5.32 Å². The molecule has 0 aromatic heterocycles. The Kier molecular flexibility index (Phi) is 5.96. The second-order valence-electron chi connectivity index (χ2n) is 6.16. The van der Waals surface area contributed by atoms with Gasteiger partial charge in [-0.1, -0.05) is 39.5 Å². The lowest BCUT2D eigenvalue weighted by Gasteiger charge is -2.22. The summed E-state index contributed by atoms with van der Waals surface area (Å²) in [5, 5.41) is 12.1. The van der Waals surface area contributed by atoms with Crippen molar-refractivity contribution in [3.63, 3.8) is 0 Å². The van der Waals surface area contributed by atoms with Crippen LogP contribution in [-0.2, 0) is 4.79 Å². The van der Waals surface area contributed by atoms with Crippen LogP contribution in [0.4, 0.5) is 0 Å². The Hall–Kier alpha value is -0.570. The Bertz CT molecular complexity index is 230. The molecule has 0 heterocycles. The van der Waals surface area contributed by atoms with Crippen molar-refractivity contribution in [3.05, 3.63) is 0 Å². The van der Waals surface area contributed by atoms with Crippen molar-refractivity contribution in [3.8, 4) is 0 Å². The van der Waals surface area contributed by atoms with E-state index in [9.17, 15) is 4.79 Å². The zero-order valence-electron chi connectivity index (χ0n) is 11.3. The number of rotatable bonds is 5. The van der Waals surface area contributed by atoms with E-state index in [0.29, 0.717) is 18.9 Å². The van der Waals surface area contributed by atoms with E-state index in [1.54, 1.807) is 0 Å². The maximum atomic E-state index is 11.8. The molecule has 17 heavy (non-hydrogen) atoms. The molecule has 2 N–H and O–H groups in total. The summed E-state index contributed by atoms with van der Waals surface area (Å²) in [7, 11) is 0. The predicted molar refractivity (Wildman–Crippen MR) is 69.7 cm³/mol. The van der Waals surface area contributed by atoms with Gasteiger partial charge in [-0.15, -0.1) is 0 Å². The van der Waals surface area contributed by atoms with Gasteiger partial charge in [-0.2, -0.15) is 0 Å². The van der Waals surface area contributed by atoms with Gasteiger partial charge >= 0.3 is 0 Å². The smallest absolute Gasteiger partial charge is 0.220 e.